The van der Waals surface area contributed by atoms with Crippen molar-refractivity contribution < 1.29 is 0 Å². The van der Waals surface area contributed by atoms with Gasteiger partial charge in [-0.05, 0) is 17.5 Å². The van der Waals surface area contributed by atoms with Crippen LogP contribution in [0.3, 0.4) is 0 Å². The Hall–Kier alpha value is -1.11. The van der Waals surface area contributed by atoms with Gasteiger partial charge in [-0.15, -0.1) is 10.2 Å². The first-order chi connectivity index (χ1) is 10.0. The molecule has 2 atom stereocenters. The Morgan fingerprint density at radius 1 is 1.24 bits per heavy atom. The molecule has 2 rings (SSSR count). The summed E-state index contributed by atoms with van der Waals surface area (Å²) >= 11 is 3.29. The molecule has 1 aromatic carbocycles. The van der Waals surface area contributed by atoms with Gasteiger partial charge in [0.05, 0.1) is 0 Å². The van der Waals surface area contributed by atoms with Crippen LogP contribution in [-0.2, 0) is 6.42 Å². The van der Waals surface area contributed by atoms with Gasteiger partial charge in [-0.1, -0.05) is 61.2 Å². The summed E-state index contributed by atoms with van der Waals surface area (Å²) in [5.74, 6) is 0. The third-order valence-electron chi connectivity index (χ3n) is 3.34. The fraction of sp³-hybridized carbons (Fsp3) is 0.467. The van der Waals surface area contributed by atoms with Gasteiger partial charge in [0.2, 0.25) is 5.13 Å². The minimum atomic E-state index is -0.00684. The van der Waals surface area contributed by atoms with Gasteiger partial charge in [0.25, 0.3) is 0 Å². The summed E-state index contributed by atoms with van der Waals surface area (Å²) < 4.78 is 0.965. The minimum Gasteiger partial charge on any atom is -0.353 e. The van der Waals surface area contributed by atoms with Crippen LogP contribution in [0, 0.1) is 0 Å². The van der Waals surface area contributed by atoms with E-state index in [0.29, 0.717) is 0 Å². The van der Waals surface area contributed by atoms with Crippen molar-refractivity contribution >= 4 is 28.2 Å². The van der Waals surface area contributed by atoms with Crippen LogP contribution >= 0.6 is 23.1 Å². The van der Waals surface area contributed by atoms with E-state index in [2.05, 4.69) is 48.3 Å². The molecule has 0 saturated heterocycles. The van der Waals surface area contributed by atoms with Crippen LogP contribution in [-0.4, -0.2) is 29.5 Å². The lowest BCUT2D eigenvalue weighted by molar-refractivity contribution is 0.714. The molecule has 2 N–H and O–H groups in total. The van der Waals surface area contributed by atoms with Crippen molar-refractivity contribution in [3.05, 3.63) is 35.4 Å². The number of anilines is 1. The number of thioether (sulfide) groups is 1. The first-order valence-corrected chi connectivity index (χ1v) is 8.72. The zero-order chi connectivity index (χ0) is 15.4. The molecule has 1 heterocycles. The Labute approximate surface area is 134 Å². The van der Waals surface area contributed by atoms with Gasteiger partial charge in [-0.3, -0.25) is 0 Å². The van der Waals surface area contributed by atoms with E-state index in [1.54, 1.807) is 23.1 Å². The van der Waals surface area contributed by atoms with Gasteiger partial charge < -0.3 is 10.6 Å². The molecule has 114 valence electrons. The number of benzene rings is 1. The number of hydrogen-bond donors (Lipinski definition) is 1. The quantitative estimate of drug-likeness (QED) is 0.827. The van der Waals surface area contributed by atoms with Crippen LogP contribution in [0.1, 0.15) is 31.0 Å². The van der Waals surface area contributed by atoms with E-state index in [9.17, 15) is 0 Å². The van der Waals surface area contributed by atoms with Crippen molar-refractivity contribution in [3.63, 3.8) is 0 Å². The molecule has 2 unspecified atom stereocenters. The third-order valence-corrected chi connectivity index (χ3v) is 5.72. The fourth-order valence-electron chi connectivity index (χ4n) is 1.91. The van der Waals surface area contributed by atoms with E-state index in [1.165, 1.54) is 11.1 Å². The van der Waals surface area contributed by atoms with Gasteiger partial charge in [0, 0.05) is 25.4 Å². The molecule has 0 saturated carbocycles. The van der Waals surface area contributed by atoms with E-state index in [4.69, 9.17) is 5.73 Å². The second kappa shape index (κ2) is 7.24. The SMILES string of the molecule is CCc1ccc(C(N)C(C)Sc2nnc(N(C)C)s2)cc1. The first kappa shape index (κ1) is 16.3. The Balaban J connectivity index is 2.02. The molecule has 2 aromatic rings. The topological polar surface area (TPSA) is 55.0 Å². The van der Waals surface area contributed by atoms with Gasteiger partial charge >= 0.3 is 0 Å². The summed E-state index contributed by atoms with van der Waals surface area (Å²) in [4.78, 5) is 1.97. The van der Waals surface area contributed by atoms with E-state index < -0.39 is 0 Å². The summed E-state index contributed by atoms with van der Waals surface area (Å²) in [6, 6.07) is 8.56. The molecule has 1 aromatic heterocycles. The highest BCUT2D eigenvalue weighted by atomic mass is 32.2. The van der Waals surface area contributed by atoms with Gasteiger partial charge in [0.15, 0.2) is 4.34 Å². The highest BCUT2D eigenvalue weighted by Crippen LogP contribution is 2.34. The van der Waals surface area contributed by atoms with E-state index in [0.717, 1.165) is 15.9 Å². The summed E-state index contributed by atoms with van der Waals surface area (Å²) in [6.45, 7) is 4.30. The van der Waals surface area contributed by atoms with E-state index in [-0.39, 0.29) is 11.3 Å². The third kappa shape index (κ3) is 4.18. The molecule has 4 nitrogen and oxygen atoms in total. The van der Waals surface area contributed by atoms with E-state index in [1.807, 2.05) is 19.0 Å². The zero-order valence-corrected chi connectivity index (χ0v) is 14.5. The molecule has 0 spiro atoms. The number of nitrogens with two attached hydrogens (primary N) is 1. The molecule has 21 heavy (non-hydrogen) atoms. The van der Waals surface area contributed by atoms with Crippen LogP contribution < -0.4 is 10.6 Å². The van der Waals surface area contributed by atoms with Crippen LogP contribution in [0.2, 0.25) is 0 Å². The molecule has 6 heteroatoms. The molecule has 0 fully saturated rings. The minimum absolute atomic E-state index is 0.00684. The number of nitrogens with zero attached hydrogens (tertiary/aromatic N) is 3. The normalized spacial score (nSPS) is 14.0. The van der Waals surface area contributed by atoms with Crippen LogP contribution in [0.15, 0.2) is 28.6 Å². The van der Waals surface area contributed by atoms with Crippen LogP contribution in [0.25, 0.3) is 0 Å². The average Bonchev–Trinajstić information content (AvgIpc) is 2.95. The highest BCUT2D eigenvalue weighted by molar-refractivity contribution is 8.01. The molecule has 0 aliphatic heterocycles. The number of aryl methyl sites for hydroxylation is 1. The van der Waals surface area contributed by atoms with Crippen molar-refractivity contribution in [2.24, 2.45) is 5.73 Å². The van der Waals surface area contributed by atoms with E-state index >= 15 is 0 Å². The smallest absolute Gasteiger partial charge is 0.208 e. The average molecular weight is 323 g/mol. The maximum absolute atomic E-state index is 6.37. The second-order valence-corrected chi connectivity index (χ2v) is 7.77. The second-order valence-electron chi connectivity index (χ2n) is 5.19. The summed E-state index contributed by atoms with van der Waals surface area (Å²) in [7, 11) is 3.94. The summed E-state index contributed by atoms with van der Waals surface area (Å²) in [5, 5.41) is 9.54. The molecule has 0 bridgehead atoms. The standard InChI is InChI=1S/C15H22N4S2/c1-5-11-6-8-12(9-7-11)13(16)10(2)20-15-18-17-14(21-15)19(3)4/h6-10,13H,5,16H2,1-4H3. The lowest BCUT2D eigenvalue weighted by Gasteiger charge is -2.18. The Morgan fingerprint density at radius 2 is 1.90 bits per heavy atom. The molecule has 0 amide bonds. The molecule has 0 radical (unpaired) electrons. The molecule has 0 aliphatic rings. The van der Waals surface area contributed by atoms with Crippen LogP contribution in [0.4, 0.5) is 5.13 Å². The molecular weight excluding hydrogens is 300 g/mol. The fourth-order valence-corrected chi connectivity index (χ4v) is 3.99. The Bertz CT molecular complexity index is 565. The summed E-state index contributed by atoms with van der Waals surface area (Å²) in [5.41, 5.74) is 8.88. The van der Waals surface area contributed by atoms with Gasteiger partial charge in [-0.25, -0.2) is 0 Å². The Morgan fingerprint density at radius 3 is 2.43 bits per heavy atom. The highest BCUT2D eigenvalue weighted by Gasteiger charge is 2.18. The largest absolute Gasteiger partial charge is 0.353 e. The van der Waals surface area contributed by atoms with Gasteiger partial charge in [-0.2, -0.15) is 0 Å². The van der Waals surface area contributed by atoms with Crippen molar-refractivity contribution in [1.82, 2.24) is 10.2 Å². The maximum atomic E-state index is 6.37. The predicted molar refractivity (Wildman–Crippen MR) is 92.3 cm³/mol. The van der Waals surface area contributed by atoms with Crippen molar-refractivity contribution in [2.45, 2.75) is 35.9 Å². The monoisotopic (exact) mass is 322 g/mol. The van der Waals surface area contributed by atoms with Crippen molar-refractivity contribution in [3.8, 4) is 0 Å². The van der Waals surface area contributed by atoms with Crippen molar-refractivity contribution in [1.29, 1.82) is 0 Å². The predicted octanol–water partition coefficient (Wildman–Crippen LogP) is 3.35. The number of aromatic nitrogens is 2. The van der Waals surface area contributed by atoms with Crippen molar-refractivity contribution in [2.75, 3.05) is 19.0 Å². The lowest BCUT2D eigenvalue weighted by Crippen LogP contribution is -2.21. The maximum Gasteiger partial charge on any atom is 0.208 e. The first-order valence-electron chi connectivity index (χ1n) is 7.03. The number of rotatable bonds is 6. The lowest BCUT2D eigenvalue weighted by atomic mass is 10.0. The van der Waals surface area contributed by atoms with Gasteiger partial charge in [0.1, 0.15) is 0 Å². The molecular formula is C15H22N4S2. The Kier molecular flexibility index (Phi) is 5.61. The molecule has 0 aliphatic carbocycles. The summed E-state index contributed by atoms with van der Waals surface area (Å²) in [6.07, 6.45) is 1.05. The van der Waals surface area contributed by atoms with Crippen LogP contribution in [0.5, 0.6) is 0 Å². The zero-order valence-electron chi connectivity index (χ0n) is 12.9. The number of hydrogen-bond acceptors (Lipinski definition) is 6.